The zero-order valence-electron chi connectivity index (χ0n) is 11.6. The second-order valence-corrected chi connectivity index (χ2v) is 3.42. The van der Waals surface area contributed by atoms with Crippen LogP contribution >= 0.6 is 0 Å². The summed E-state index contributed by atoms with van der Waals surface area (Å²) in [5.41, 5.74) is -0.877. The Bertz CT molecular complexity index is 376. The van der Waals surface area contributed by atoms with E-state index in [2.05, 4.69) is 6.58 Å². The van der Waals surface area contributed by atoms with E-state index in [9.17, 15) is 5.11 Å². The third kappa shape index (κ3) is 4.77. The summed E-state index contributed by atoms with van der Waals surface area (Å²) in [6, 6.07) is 9.56. The first-order chi connectivity index (χ1) is 8.39. The van der Waals surface area contributed by atoms with E-state index >= 15 is 0 Å². The summed E-state index contributed by atoms with van der Waals surface area (Å²) in [5, 5.41) is 9.89. The standard InChI is InChI=1S/C13H18O2/c1-3-13(2,14)9-10-15-11-12-7-5-4-6-8-12/h3-8,14H,1,9-11H2,2H3/i2D3. The second-order valence-electron chi connectivity index (χ2n) is 3.42. The van der Waals surface area contributed by atoms with Gasteiger partial charge in [-0.05, 0) is 12.4 Å². The number of hydrogen-bond acceptors (Lipinski definition) is 2. The van der Waals surface area contributed by atoms with Crippen LogP contribution in [0.3, 0.4) is 0 Å². The third-order valence-corrected chi connectivity index (χ3v) is 2.08. The molecule has 1 aromatic rings. The van der Waals surface area contributed by atoms with Gasteiger partial charge in [-0.25, -0.2) is 0 Å². The van der Waals surface area contributed by atoms with E-state index in [1.807, 2.05) is 30.3 Å². The van der Waals surface area contributed by atoms with Gasteiger partial charge in [-0.1, -0.05) is 36.4 Å². The zero-order valence-corrected chi connectivity index (χ0v) is 8.65. The molecule has 1 aromatic carbocycles. The molecule has 0 aliphatic carbocycles. The molecule has 0 saturated heterocycles. The molecule has 1 unspecified atom stereocenters. The molecule has 0 radical (unpaired) electrons. The minimum atomic E-state index is -2.48. The number of ether oxygens (including phenoxy) is 1. The van der Waals surface area contributed by atoms with Crippen LogP contribution in [-0.2, 0) is 11.3 Å². The highest BCUT2D eigenvalue weighted by molar-refractivity contribution is 5.13. The van der Waals surface area contributed by atoms with Gasteiger partial charge in [-0.3, -0.25) is 0 Å². The highest BCUT2D eigenvalue weighted by Crippen LogP contribution is 2.10. The van der Waals surface area contributed by atoms with E-state index in [0.717, 1.165) is 11.6 Å². The van der Waals surface area contributed by atoms with E-state index in [-0.39, 0.29) is 13.0 Å². The van der Waals surface area contributed by atoms with E-state index in [1.165, 1.54) is 0 Å². The molecule has 2 heteroatoms. The number of hydrogen-bond donors (Lipinski definition) is 1. The Morgan fingerprint density at radius 2 is 2.27 bits per heavy atom. The molecular formula is C13H18O2. The third-order valence-electron chi connectivity index (χ3n) is 2.08. The summed E-state index contributed by atoms with van der Waals surface area (Å²) in [5.74, 6) is 0. The van der Waals surface area contributed by atoms with Crippen molar-refractivity contribution in [3.05, 3.63) is 48.6 Å². The topological polar surface area (TPSA) is 29.5 Å². The maximum atomic E-state index is 9.89. The molecule has 0 aliphatic heterocycles. The lowest BCUT2D eigenvalue weighted by Gasteiger charge is -2.17. The largest absolute Gasteiger partial charge is 0.386 e. The Morgan fingerprint density at radius 1 is 1.53 bits per heavy atom. The van der Waals surface area contributed by atoms with Crippen LogP contribution in [-0.4, -0.2) is 17.3 Å². The van der Waals surface area contributed by atoms with Gasteiger partial charge >= 0.3 is 0 Å². The first-order valence-electron chi connectivity index (χ1n) is 6.37. The van der Waals surface area contributed by atoms with E-state index in [0.29, 0.717) is 6.61 Å². The van der Waals surface area contributed by atoms with Crippen molar-refractivity contribution in [1.82, 2.24) is 0 Å². The molecule has 1 N–H and O–H groups in total. The van der Waals surface area contributed by atoms with Crippen molar-refractivity contribution in [1.29, 1.82) is 0 Å². The van der Waals surface area contributed by atoms with Crippen molar-refractivity contribution >= 4 is 0 Å². The van der Waals surface area contributed by atoms with E-state index in [1.54, 1.807) is 0 Å². The van der Waals surface area contributed by atoms with Crippen molar-refractivity contribution in [2.75, 3.05) is 6.61 Å². The Balaban J connectivity index is 2.39. The average molecular weight is 209 g/mol. The summed E-state index contributed by atoms with van der Waals surface area (Å²) in [6.07, 6.45) is 1.06. The monoisotopic (exact) mass is 209 g/mol. The molecule has 1 atom stereocenters. The van der Waals surface area contributed by atoms with Crippen LogP contribution in [0.2, 0.25) is 0 Å². The molecule has 2 nitrogen and oxygen atoms in total. The Kier molecular flexibility index (Phi) is 3.06. The highest BCUT2D eigenvalue weighted by Gasteiger charge is 2.14. The van der Waals surface area contributed by atoms with Crippen LogP contribution in [0.1, 0.15) is 22.9 Å². The Labute approximate surface area is 95.4 Å². The van der Waals surface area contributed by atoms with Crippen LogP contribution in [0.5, 0.6) is 0 Å². The molecule has 0 spiro atoms. The summed E-state index contributed by atoms with van der Waals surface area (Å²) >= 11 is 0. The van der Waals surface area contributed by atoms with Crippen LogP contribution in [0.4, 0.5) is 0 Å². The van der Waals surface area contributed by atoms with Crippen molar-refractivity contribution in [2.45, 2.75) is 25.5 Å². The molecule has 1 rings (SSSR count). The van der Waals surface area contributed by atoms with Crippen molar-refractivity contribution in [3.63, 3.8) is 0 Å². The van der Waals surface area contributed by atoms with Crippen LogP contribution in [0, 0.1) is 0 Å². The normalized spacial score (nSPS) is 18.3. The van der Waals surface area contributed by atoms with Crippen molar-refractivity contribution in [2.24, 2.45) is 0 Å². The van der Waals surface area contributed by atoms with Gasteiger partial charge in [-0.2, -0.15) is 0 Å². The molecule has 0 heterocycles. The summed E-state index contributed by atoms with van der Waals surface area (Å²) in [6.45, 7) is 1.45. The van der Waals surface area contributed by atoms with Gasteiger partial charge in [-0.15, -0.1) is 6.58 Å². The minimum Gasteiger partial charge on any atom is -0.386 e. The molecule has 0 saturated carbocycles. The van der Waals surface area contributed by atoms with Gasteiger partial charge < -0.3 is 9.84 Å². The first-order valence-corrected chi connectivity index (χ1v) is 4.87. The van der Waals surface area contributed by atoms with Gasteiger partial charge in [0.05, 0.1) is 18.8 Å². The fraction of sp³-hybridized carbons (Fsp3) is 0.385. The van der Waals surface area contributed by atoms with Gasteiger partial charge in [0.1, 0.15) is 0 Å². The molecule has 0 bridgehead atoms. The number of benzene rings is 1. The van der Waals surface area contributed by atoms with Gasteiger partial charge in [0.15, 0.2) is 0 Å². The number of aliphatic hydroxyl groups is 1. The van der Waals surface area contributed by atoms with Crippen molar-refractivity contribution in [3.8, 4) is 0 Å². The van der Waals surface area contributed by atoms with E-state index < -0.39 is 12.5 Å². The predicted molar refractivity (Wildman–Crippen MR) is 61.5 cm³/mol. The summed E-state index contributed by atoms with van der Waals surface area (Å²) < 4.78 is 27.1. The van der Waals surface area contributed by atoms with Crippen LogP contribution < -0.4 is 0 Å². The fourth-order valence-electron chi connectivity index (χ4n) is 1.09. The molecular weight excluding hydrogens is 188 g/mol. The maximum absolute atomic E-state index is 9.89. The summed E-state index contributed by atoms with van der Waals surface area (Å²) in [4.78, 5) is 0. The van der Waals surface area contributed by atoms with Crippen LogP contribution in [0.15, 0.2) is 43.0 Å². The van der Waals surface area contributed by atoms with Crippen LogP contribution in [0.25, 0.3) is 0 Å². The molecule has 0 aromatic heterocycles. The molecule has 82 valence electrons. The summed E-state index contributed by atoms with van der Waals surface area (Å²) in [7, 11) is 0. The van der Waals surface area contributed by atoms with Gasteiger partial charge in [0, 0.05) is 10.5 Å². The molecule has 0 amide bonds. The predicted octanol–water partition coefficient (Wildman–Crippen LogP) is 2.53. The van der Waals surface area contributed by atoms with Gasteiger partial charge in [0.25, 0.3) is 0 Å². The number of rotatable bonds is 6. The second kappa shape index (κ2) is 5.69. The fourth-order valence-corrected chi connectivity index (χ4v) is 1.09. The molecule has 0 aliphatic rings. The molecule has 15 heavy (non-hydrogen) atoms. The quantitative estimate of drug-likeness (QED) is 0.576. The molecule has 0 fully saturated rings. The lowest BCUT2D eigenvalue weighted by atomic mass is 10.0. The lowest BCUT2D eigenvalue weighted by Crippen LogP contribution is -2.22. The SMILES string of the molecule is [2H]C([2H])([2H])C(O)(C=C)CCOCc1ccccc1. The average Bonchev–Trinajstić information content (AvgIpc) is 2.34. The smallest absolute Gasteiger partial charge is 0.0819 e. The zero-order chi connectivity index (χ0) is 13.6. The Hall–Kier alpha value is -1.12. The van der Waals surface area contributed by atoms with Gasteiger partial charge in [0.2, 0.25) is 0 Å². The Morgan fingerprint density at radius 3 is 2.87 bits per heavy atom. The highest BCUT2D eigenvalue weighted by atomic mass is 16.5. The van der Waals surface area contributed by atoms with Crippen molar-refractivity contribution < 1.29 is 14.0 Å². The maximum Gasteiger partial charge on any atom is 0.0819 e. The van der Waals surface area contributed by atoms with E-state index in [4.69, 9.17) is 8.85 Å². The first kappa shape index (κ1) is 8.08. The minimum absolute atomic E-state index is 0.000165. The lowest BCUT2D eigenvalue weighted by molar-refractivity contribution is 0.0427.